The van der Waals surface area contributed by atoms with E-state index in [0.29, 0.717) is 11.1 Å². The Morgan fingerprint density at radius 2 is 2.00 bits per heavy atom. The lowest BCUT2D eigenvalue weighted by Gasteiger charge is -2.20. The lowest BCUT2D eigenvalue weighted by molar-refractivity contribution is -0.117. The van der Waals surface area contributed by atoms with Gasteiger partial charge in [0.1, 0.15) is 0 Å². The van der Waals surface area contributed by atoms with Gasteiger partial charge in [0.2, 0.25) is 11.8 Å². The van der Waals surface area contributed by atoms with Crippen LogP contribution in [0.3, 0.4) is 0 Å². The molecule has 6 nitrogen and oxygen atoms in total. The third-order valence-electron chi connectivity index (χ3n) is 4.11. The zero-order valence-corrected chi connectivity index (χ0v) is 14.4. The molecule has 3 aromatic rings. The highest BCUT2D eigenvalue weighted by Crippen LogP contribution is 2.32. The maximum absolute atomic E-state index is 12.8. The van der Waals surface area contributed by atoms with Crippen molar-refractivity contribution in [3.05, 3.63) is 54.4 Å². The number of nitrogens with zero attached hydrogens (tertiary/aromatic N) is 4. The lowest BCUT2D eigenvalue weighted by atomic mass is 10.2. The summed E-state index contributed by atoms with van der Waals surface area (Å²) in [5.74, 6) is 0.481. The molecule has 126 valence electrons. The fourth-order valence-electron chi connectivity index (χ4n) is 2.86. The maximum atomic E-state index is 12.8. The summed E-state index contributed by atoms with van der Waals surface area (Å²) in [4.78, 5) is 18.6. The van der Waals surface area contributed by atoms with Crippen molar-refractivity contribution in [2.75, 3.05) is 11.4 Å². The number of aromatic nitrogens is 3. The molecule has 1 atom stereocenters. The molecule has 0 saturated heterocycles. The molecule has 2 aromatic heterocycles. The molecule has 1 aromatic carbocycles. The molecule has 1 aliphatic heterocycles. The third kappa shape index (κ3) is 3.15. The number of pyridine rings is 1. The minimum Gasteiger partial charge on any atom is -0.411 e. The molecule has 0 spiro atoms. The van der Waals surface area contributed by atoms with E-state index >= 15 is 0 Å². The van der Waals surface area contributed by atoms with Crippen molar-refractivity contribution in [3.63, 3.8) is 0 Å². The minimum atomic E-state index is -0.308. The predicted molar refractivity (Wildman–Crippen MR) is 95.3 cm³/mol. The first-order chi connectivity index (χ1) is 12.2. The van der Waals surface area contributed by atoms with E-state index in [1.54, 1.807) is 24.5 Å². The second-order valence-corrected chi connectivity index (χ2v) is 7.03. The van der Waals surface area contributed by atoms with Gasteiger partial charge in [0, 0.05) is 30.2 Å². The fraction of sp³-hybridized carbons (Fsp3) is 0.222. The van der Waals surface area contributed by atoms with Gasteiger partial charge in [-0.15, -0.1) is 10.2 Å². The third-order valence-corrected chi connectivity index (χ3v) is 5.03. The van der Waals surface area contributed by atoms with Crippen molar-refractivity contribution in [2.45, 2.75) is 23.8 Å². The molecular weight excluding hydrogens is 336 g/mol. The van der Waals surface area contributed by atoms with Crippen LogP contribution in [0.4, 0.5) is 5.69 Å². The summed E-state index contributed by atoms with van der Waals surface area (Å²) >= 11 is 1.28. The number of rotatable bonds is 4. The first-order valence-corrected chi connectivity index (χ1v) is 8.90. The number of amides is 1. The van der Waals surface area contributed by atoms with Crippen LogP contribution in [0.1, 0.15) is 12.5 Å². The summed E-state index contributed by atoms with van der Waals surface area (Å²) < 4.78 is 5.66. The molecule has 0 radical (unpaired) electrons. The molecule has 0 saturated carbocycles. The van der Waals surface area contributed by atoms with E-state index in [9.17, 15) is 4.79 Å². The number of carbonyl (C=O) groups is 1. The second kappa shape index (κ2) is 6.68. The molecule has 1 unspecified atom stereocenters. The topological polar surface area (TPSA) is 72.1 Å². The van der Waals surface area contributed by atoms with Gasteiger partial charge in [0.05, 0.1) is 5.25 Å². The summed E-state index contributed by atoms with van der Waals surface area (Å²) in [5.41, 5.74) is 3.02. The molecule has 0 N–H and O–H groups in total. The molecule has 0 fully saturated rings. The predicted octanol–water partition coefficient (Wildman–Crippen LogP) is 3.20. The van der Waals surface area contributed by atoms with Crippen molar-refractivity contribution in [3.8, 4) is 11.5 Å². The van der Waals surface area contributed by atoms with Gasteiger partial charge in [0.15, 0.2) is 0 Å². The summed E-state index contributed by atoms with van der Waals surface area (Å²) in [6, 6.07) is 11.6. The Hall–Kier alpha value is -2.67. The van der Waals surface area contributed by atoms with Crippen LogP contribution in [0.2, 0.25) is 0 Å². The quantitative estimate of drug-likeness (QED) is 0.672. The maximum Gasteiger partial charge on any atom is 0.277 e. The summed E-state index contributed by atoms with van der Waals surface area (Å²) in [6.45, 7) is 2.58. The van der Waals surface area contributed by atoms with Gasteiger partial charge in [-0.3, -0.25) is 9.78 Å². The Morgan fingerprint density at radius 3 is 2.84 bits per heavy atom. The number of thioether (sulfide) groups is 1. The van der Waals surface area contributed by atoms with E-state index in [1.165, 1.54) is 17.3 Å². The van der Waals surface area contributed by atoms with E-state index in [0.717, 1.165) is 24.2 Å². The normalized spacial score (nSPS) is 14.4. The smallest absolute Gasteiger partial charge is 0.277 e. The number of para-hydroxylation sites is 1. The fourth-order valence-corrected chi connectivity index (χ4v) is 3.60. The van der Waals surface area contributed by atoms with Gasteiger partial charge in [-0.1, -0.05) is 30.0 Å². The van der Waals surface area contributed by atoms with Crippen molar-refractivity contribution in [1.29, 1.82) is 0 Å². The largest absolute Gasteiger partial charge is 0.411 e. The SMILES string of the molecule is CC(Sc1nnc(-c2ccncc2)o1)C(=O)N1CCc2ccccc21. The minimum absolute atomic E-state index is 0.0543. The van der Waals surface area contributed by atoms with Gasteiger partial charge in [-0.2, -0.15) is 0 Å². The zero-order valence-electron chi connectivity index (χ0n) is 13.6. The molecule has 1 aliphatic rings. The number of hydrogen-bond acceptors (Lipinski definition) is 6. The Kier molecular flexibility index (Phi) is 4.23. The van der Waals surface area contributed by atoms with Crippen LogP contribution >= 0.6 is 11.8 Å². The van der Waals surface area contributed by atoms with Crippen LogP contribution in [0, 0.1) is 0 Å². The van der Waals surface area contributed by atoms with E-state index in [2.05, 4.69) is 21.2 Å². The van der Waals surface area contributed by atoms with Crippen LogP contribution in [0.25, 0.3) is 11.5 Å². The van der Waals surface area contributed by atoms with E-state index in [4.69, 9.17) is 4.42 Å². The summed E-state index contributed by atoms with van der Waals surface area (Å²) in [7, 11) is 0. The Bertz CT molecular complexity index is 897. The van der Waals surface area contributed by atoms with E-state index in [-0.39, 0.29) is 11.2 Å². The van der Waals surface area contributed by atoms with Crippen molar-refractivity contribution >= 4 is 23.4 Å². The molecule has 7 heteroatoms. The summed E-state index contributed by atoms with van der Waals surface area (Å²) in [5, 5.41) is 8.16. The van der Waals surface area contributed by atoms with E-state index in [1.807, 2.05) is 30.0 Å². The Balaban J connectivity index is 1.47. The average molecular weight is 352 g/mol. The highest BCUT2D eigenvalue weighted by Gasteiger charge is 2.29. The van der Waals surface area contributed by atoms with Gasteiger partial charge in [-0.05, 0) is 37.1 Å². The summed E-state index contributed by atoms with van der Waals surface area (Å²) in [6.07, 6.45) is 4.23. The number of carbonyl (C=O) groups excluding carboxylic acids is 1. The van der Waals surface area contributed by atoms with Crippen molar-refractivity contribution < 1.29 is 9.21 Å². The van der Waals surface area contributed by atoms with Crippen LogP contribution in [-0.4, -0.2) is 32.9 Å². The molecule has 1 amide bonds. The second-order valence-electron chi connectivity index (χ2n) is 5.74. The van der Waals surface area contributed by atoms with Crippen molar-refractivity contribution in [1.82, 2.24) is 15.2 Å². The van der Waals surface area contributed by atoms with Gasteiger partial charge >= 0.3 is 0 Å². The van der Waals surface area contributed by atoms with Gasteiger partial charge < -0.3 is 9.32 Å². The first kappa shape index (κ1) is 15.8. The van der Waals surface area contributed by atoms with E-state index < -0.39 is 0 Å². The highest BCUT2D eigenvalue weighted by molar-refractivity contribution is 8.00. The molecule has 25 heavy (non-hydrogen) atoms. The molecule has 0 bridgehead atoms. The number of benzene rings is 1. The van der Waals surface area contributed by atoms with Gasteiger partial charge in [0.25, 0.3) is 5.22 Å². The Morgan fingerprint density at radius 1 is 1.20 bits per heavy atom. The molecule has 3 heterocycles. The molecule has 4 rings (SSSR count). The first-order valence-electron chi connectivity index (χ1n) is 8.02. The van der Waals surface area contributed by atoms with Crippen LogP contribution in [-0.2, 0) is 11.2 Å². The van der Waals surface area contributed by atoms with Crippen LogP contribution in [0.15, 0.2) is 58.4 Å². The number of hydrogen-bond donors (Lipinski definition) is 0. The van der Waals surface area contributed by atoms with Gasteiger partial charge in [-0.25, -0.2) is 0 Å². The van der Waals surface area contributed by atoms with Crippen LogP contribution in [0.5, 0.6) is 0 Å². The number of anilines is 1. The molecular formula is C18H16N4O2S. The number of fused-ring (bicyclic) bond motifs is 1. The van der Waals surface area contributed by atoms with Crippen LogP contribution < -0.4 is 4.90 Å². The monoisotopic (exact) mass is 352 g/mol. The molecule has 0 aliphatic carbocycles. The Labute approximate surface area is 149 Å². The zero-order chi connectivity index (χ0) is 17.2. The average Bonchev–Trinajstić information content (AvgIpc) is 3.29. The lowest BCUT2D eigenvalue weighted by Crippen LogP contribution is -2.35. The van der Waals surface area contributed by atoms with Crippen molar-refractivity contribution in [2.24, 2.45) is 0 Å². The standard InChI is InChI=1S/C18H16N4O2S/c1-12(17(23)22-11-8-13-4-2-3-5-15(13)22)25-18-21-20-16(24-18)14-6-9-19-10-7-14/h2-7,9-10,12H,8,11H2,1H3. The highest BCUT2D eigenvalue weighted by atomic mass is 32.2.